The Morgan fingerprint density at radius 1 is 1.35 bits per heavy atom. The van der Waals surface area contributed by atoms with Crippen molar-refractivity contribution >= 4 is 28.9 Å². The third-order valence-electron chi connectivity index (χ3n) is 2.61. The van der Waals surface area contributed by atoms with Crippen LogP contribution in [-0.4, -0.2) is 24.1 Å². The zero-order valence-electron chi connectivity index (χ0n) is 10.5. The lowest BCUT2D eigenvalue weighted by Gasteiger charge is -2.24. The Morgan fingerprint density at radius 2 is 2.00 bits per heavy atom. The van der Waals surface area contributed by atoms with Crippen LogP contribution < -0.4 is 27.8 Å². The van der Waals surface area contributed by atoms with Gasteiger partial charge in [0.05, 0.1) is 5.70 Å². The summed E-state index contributed by atoms with van der Waals surface area (Å²) < 4.78 is 0. The molecule has 1 unspecified atom stereocenters. The van der Waals surface area contributed by atoms with Gasteiger partial charge in [0.25, 0.3) is 5.91 Å². The molecule has 1 aliphatic heterocycles. The van der Waals surface area contributed by atoms with Crippen LogP contribution in [0.2, 0.25) is 0 Å². The normalized spacial score (nSPS) is 18.6. The summed E-state index contributed by atoms with van der Waals surface area (Å²) in [5.74, 6) is -0.565. The number of carbonyl (C=O) groups excluding carboxylic acids is 1. The lowest BCUT2D eigenvalue weighted by atomic mass is 10.1. The van der Waals surface area contributed by atoms with E-state index in [1.807, 2.05) is 30.3 Å². The predicted octanol–water partition coefficient (Wildman–Crippen LogP) is -0.802. The maximum absolute atomic E-state index is 11.8. The highest BCUT2D eigenvalue weighted by Crippen LogP contribution is 2.23. The third-order valence-corrected chi connectivity index (χ3v) is 2.89. The molecular formula is C12H15ClN6O. The number of nitrogens with zero attached hydrogens (tertiary/aromatic N) is 1. The minimum Gasteiger partial charge on any atom is -0.362 e. The Labute approximate surface area is 120 Å². The summed E-state index contributed by atoms with van der Waals surface area (Å²) >= 11 is 6.09. The molecule has 1 aliphatic rings. The molecule has 7 nitrogen and oxygen atoms in total. The van der Waals surface area contributed by atoms with Crippen molar-refractivity contribution in [3.8, 4) is 0 Å². The molecule has 1 aromatic rings. The first-order chi connectivity index (χ1) is 9.49. The smallest absolute Gasteiger partial charge is 0.271 e. The molecule has 2 rings (SSSR count). The molecule has 0 spiro atoms. The van der Waals surface area contributed by atoms with Crippen LogP contribution in [0, 0.1) is 0 Å². The van der Waals surface area contributed by atoms with Gasteiger partial charge in [0.1, 0.15) is 18.2 Å². The minimum absolute atomic E-state index is 0.0237. The molecule has 1 atom stereocenters. The summed E-state index contributed by atoms with van der Waals surface area (Å²) in [5, 5.41) is 5.39. The van der Waals surface area contributed by atoms with Crippen molar-refractivity contribution in [3.63, 3.8) is 0 Å². The standard InChI is InChI=1S/C12H15ClN6O/c13-9-7(6-4-2-1-3-5-6)18-10(14)8(17-9)11(20)19-12(15)16/h1-5,10,12,18H,14-16H2,(H,19,20). The largest absolute Gasteiger partial charge is 0.362 e. The summed E-state index contributed by atoms with van der Waals surface area (Å²) in [6, 6.07) is 9.31. The second kappa shape index (κ2) is 6.02. The number of rotatable bonds is 3. The molecule has 0 fully saturated rings. The number of carbonyl (C=O) groups is 1. The van der Waals surface area contributed by atoms with E-state index in [0.29, 0.717) is 5.70 Å². The zero-order chi connectivity index (χ0) is 14.7. The number of benzene rings is 1. The van der Waals surface area contributed by atoms with E-state index in [4.69, 9.17) is 28.8 Å². The average molecular weight is 295 g/mol. The zero-order valence-corrected chi connectivity index (χ0v) is 11.3. The number of hydrogen-bond acceptors (Lipinski definition) is 6. The number of aliphatic imine (C=N–C) groups is 1. The number of hydrogen-bond donors (Lipinski definition) is 5. The quantitative estimate of drug-likeness (QED) is 0.368. The Balaban J connectivity index is 2.31. The van der Waals surface area contributed by atoms with Crippen LogP contribution in [0.1, 0.15) is 5.56 Å². The van der Waals surface area contributed by atoms with E-state index in [-0.39, 0.29) is 10.9 Å². The van der Waals surface area contributed by atoms with E-state index in [1.54, 1.807) is 0 Å². The topological polar surface area (TPSA) is 132 Å². The van der Waals surface area contributed by atoms with Crippen LogP contribution in [0.5, 0.6) is 0 Å². The van der Waals surface area contributed by atoms with E-state index in [2.05, 4.69) is 15.6 Å². The number of nitrogens with two attached hydrogens (primary N) is 3. The summed E-state index contributed by atoms with van der Waals surface area (Å²) in [7, 11) is 0. The van der Waals surface area contributed by atoms with Gasteiger partial charge in [0.15, 0.2) is 5.16 Å². The molecule has 106 valence electrons. The monoisotopic (exact) mass is 294 g/mol. The number of amides is 1. The molecule has 1 heterocycles. The maximum Gasteiger partial charge on any atom is 0.271 e. The Bertz CT molecular complexity index is 569. The highest BCUT2D eigenvalue weighted by molar-refractivity contribution is 6.44. The first-order valence-corrected chi connectivity index (χ1v) is 6.24. The van der Waals surface area contributed by atoms with Crippen molar-refractivity contribution in [1.82, 2.24) is 10.6 Å². The Kier molecular flexibility index (Phi) is 4.35. The lowest BCUT2D eigenvalue weighted by molar-refractivity contribution is -0.115. The summed E-state index contributed by atoms with van der Waals surface area (Å²) in [6.45, 7) is 0. The third kappa shape index (κ3) is 3.14. The van der Waals surface area contributed by atoms with Crippen molar-refractivity contribution in [2.75, 3.05) is 0 Å². The van der Waals surface area contributed by atoms with Crippen LogP contribution in [0.25, 0.3) is 5.70 Å². The molecule has 0 aliphatic carbocycles. The van der Waals surface area contributed by atoms with Crippen molar-refractivity contribution < 1.29 is 4.79 Å². The van der Waals surface area contributed by atoms with Crippen molar-refractivity contribution in [1.29, 1.82) is 0 Å². The highest BCUT2D eigenvalue weighted by Gasteiger charge is 2.26. The highest BCUT2D eigenvalue weighted by atomic mass is 35.5. The number of halogens is 1. The van der Waals surface area contributed by atoms with Crippen LogP contribution in [0.3, 0.4) is 0 Å². The van der Waals surface area contributed by atoms with Gasteiger partial charge in [-0.05, 0) is 0 Å². The van der Waals surface area contributed by atoms with Gasteiger partial charge in [-0.15, -0.1) is 0 Å². The maximum atomic E-state index is 11.8. The second-order valence-electron chi connectivity index (χ2n) is 4.15. The second-order valence-corrected chi connectivity index (χ2v) is 4.51. The van der Waals surface area contributed by atoms with Gasteiger partial charge in [-0.1, -0.05) is 41.9 Å². The molecule has 1 amide bonds. The molecule has 8 N–H and O–H groups in total. The van der Waals surface area contributed by atoms with Crippen molar-refractivity contribution in [2.45, 2.75) is 12.5 Å². The first-order valence-electron chi connectivity index (χ1n) is 5.87. The van der Waals surface area contributed by atoms with Gasteiger partial charge in [-0.3, -0.25) is 16.3 Å². The van der Waals surface area contributed by atoms with E-state index in [1.165, 1.54) is 0 Å². The SMILES string of the molecule is NC(N)NC(=O)C1=NC(Cl)=C(c2ccccc2)NC1N. The predicted molar refractivity (Wildman–Crippen MR) is 78.1 cm³/mol. The van der Waals surface area contributed by atoms with E-state index < -0.39 is 18.4 Å². The van der Waals surface area contributed by atoms with Gasteiger partial charge >= 0.3 is 0 Å². The molecule has 1 aromatic carbocycles. The van der Waals surface area contributed by atoms with Gasteiger partial charge in [-0.25, -0.2) is 4.99 Å². The fraction of sp³-hybridized carbons (Fsp3) is 0.167. The van der Waals surface area contributed by atoms with Crippen LogP contribution in [0.4, 0.5) is 0 Å². The molecule has 0 radical (unpaired) electrons. The molecule has 20 heavy (non-hydrogen) atoms. The molecule has 8 heteroatoms. The fourth-order valence-electron chi connectivity index (χ4n) is 1.74. The Hall–Kier alpha value is -1.93. The molecule has 0 bridgehead atoms. The molecule has 0 saturated heterocycles. The Morgan fingerprint density at radius 3 is 2.60 bits per heavy atom. The van der Waals surface area contributed by atoms with Crippen molar-refractivity contribution in [2.24, 2.45) is 22.2 Å². The molecule has 0 aromatic heterocycles. The van der Waals surface area contributed by atoms with Gasteiger partial charge in [-0.2, -0.15) is 0 Å². The molecular weight excluding hydrogens is 280 g/mol. The number of nitrogens with one attached hydrogen (secondary N) is 2. The summed E-state index contributed by atoms with van der Waals surface area (Å²) in [5.41, 5.74) is 17.8. The van der Waals surface area contributed by atoms with Crippen LogP contribution >= 0.6 is 11.6 Å². The first kappa shape index (κ1) is 14.5. The van der Waals surface area contributed by atoms with Crippen molar-refractivity contribution in [3.05, 3.63) is 41.1 Å². The van der Waals surface area contributed by atoms with E-state index >= 15 is 0 Å². The summed E-state index contributed by atoms with van der Waals surface area (Å²) in [6.07, 6.45) is -1.79. The summed E-state index contributed by atoms with van der Waals surface area (Å²) in [4.78, 5) is 15.8. The molecule has 0 saturated carbocycles. The average Bonchev–Trinajstić information content (AvgIpc) is 2.41. The van der Waals surface area contributed by atoms with Gasteiger partial charge in [0.2, 0.25) is 0 Å². The fourth-order valence-corrected chi connectivity index (χ4v) is 1.99. The lowest BCUT2D eigenvalue weighted by Crippen LogP contribution is -2.57. The van der Waals surface area contributed by atoms with Gasteiger partial charge in [0, 0.05) is 5.56 Å². The van der Waals surface area contributed by atoms with E-state index in [9.17, 15) is 4.79 Å². The van der Waals surface area contributed by atoms with Crippen LogP contribution in [-0.2, 0) is 4.79 Å². The van der Waals surface area contributed by atoms with Gasteiger partial charge < -0.3 is 16.4 Å². The minimum atomic E-state index is -0.990. The van der Waals surface area contributed by atoms with E-state index in [0.717, 1.165) is 5.56 Å². The van der Waals surface area contributed by atoms with Crippen LogP contribution in [0.15, 0.2) is 40.5 Å².